The van der Waals surface area contributed by atoms with E-state index in [9.17, 15) is 9.59 Å². The molecule has 2 atom stereocenters. The van der Waals surface area contributed by atoms with Crippen molar-refractivity contribution in [2.24, 2.45) is 5.92 Å². The first-order chi connectivity index (χ1) is 10.4. The summed E-state index contributed by atoms with van der Waals surface area (Å²) in [4.78, 5) is 24.0. The number of carbonyl (C=O) groups is 2. The first kappa shape index (κ1) is 17.3. The summed E-state index contributed by atoms with van der Waals surface area (Å²) < 4.78 is 1.07. The zero-order chi connectivity index (χ0) is 16.3. The number of benzene rings is 1. The average Bonchev–Trinajstić information content (AvgIpc) is 2.90. The summed E-state index contributed by atoms with van der Waals surface area (Å²) in [5, 5.41) is 11.9. The van der Waals surface area contributed by atoms with Crippen LogP contribution in [0, 0.1) is 19.8 Å². The van der Waals surface area contributed by atoms with Crippen LogP contribution in [0.15, 0.2) is 21.5 Å². The third kappa shape index (κ3) is 4.49. The molecule has 0 unspecified atom stereocenters. The van der Waals surface area contributed by atoms with Gasteiger partial charge in [-0.3, -0.25) is 9.59 Å². The molecule has 0 aliphatic heterocycles. The number of carbonyl (C=O) groups excluding carboxylic acids is 1. The Morgan fingerprint density at radius 1 is 1.32 bits per heavy atom. The van der Waals surface area contributed by atoms with E-state index in [1.165, 1.54) is 11.8 Å². The number of rotatable bonds is 5. The molecule has 0 saturated heterocycles. The van der Waals surface area contributed by atoms with Crippen molar-refractivity contribution in [2.45, 2.75) is 44.0 Å². The summed E-state index contributed by atoms with van der Waals surface area (Å²) in [5.41, 5.74) is 2.29. The van der Waals surface area contributed by atoms with Crippen LogP contribution in [0.2, 0.25) is 0 Å². The normalized spacial score (nSPS) is 20.9. The standard InChI is InChI=1S/C16H20BrNO3S/c1-9-6-14(10(2)5-13(9)17)22-8-15(19)18-12-4-3-11(7-12)16(20)21/h5-6,11-12H,3-4,7-8H2,1-2H3,(H,18,19)(H,20,21)/t11-,12+/m1/s1. The van der Waals surface area contributed by atoms with Crippen molar-refractivity contribution >= 4 is 39.6 Å². The third-order valence-electron chi connectivity index (χ3n) is 3.96. The Morgan fingerprint density at radius 2 is 2.05 bits per heavy atom. The van der Waals surface area contributed by atoms with Crippen molar-refractivity contribution < 1.29 is 14.7 Å². The summed E-state index contributed by atoms with van der Waals surface area (Å²) in [7, 11) is 0. The maximum Gasteiger partial charge on any atom is 0.306 e. The summed E-state index contributed by atoms with van der Waals surface area (Å²) in [5.74, 6) is -0.738. The highest BCUT2D eigenvalue weighted by molar-refractivity contribution is 9.10. The summed E-state index contributed by atoms with van der Waals surface area (Å²) in [6.07, 6.45) is 1.95. The Labute approximate surface area is 143 Å². The number of hydrogen-bond donors (Lipinski definition) is 2. The molecule has 2 rings (SSSR count). The Balaban J connectivity index is 1.84. The second-order valence-corrected chi connectivity index (χ2v) is 7.64. The lowest BCUT2D eigenvalue weighted by molar-refractivity contribution is -0.141. The fourth-order valence-electron chi connectivity index (χ4n) is 2.66. The molecule has 1 fully saturated rings. The molecule has 1 aliphatic rings. The molecule has 1 aromatic rings. The summed E-state index contributed by atoms with van der Waals surface area (Å²) >= 11 is 5.02. The Kier molecular flexibility index (Phi) is 5.92. The van der Waals surface area contributed by atoms with E-state index in [0.717, 1.165) is 26.9 Å². The number of nitrogens with one attached hydrogen (secondary N) is 1. The molecular formula is C16H20BrNO3S. The van der Waals surface area contributed by atoms with Crippen molar-refractivity contribution in [1.29, 1.82) is 0 Å². The molecule has 6 heteroatoms. The number of amides is 1. The van der Waals surface area contributed by atoms with E-state index in [-0.39, 0.29) is 17.9 Å². The van der Waals surface area contributed by atoms with E-state index in [1.807, 2.05) is 13.8 Å². The smallest absolute Gasteiger partial charge is 0.306 e. The number of hydrogen-bond acceptors (Lipinski definition) is 3. The molecule has 120 valence electrons. The van der Waals surface area contributed by atoms with Gasteiger partial charge in [0, 0.05) is 15.4 Å². The predicted molar refractivity (Wildman–Crippen MR) is 91.2 cm³/mol. The van der Waals surface area contributed by atoms with Crippen LogP contribution < -0.4 is 5.32 Å². The van der Waals surface area contributed by atoms with Crippen LogP contribution in [0.4, 0.5) is 0 Å². The summed E-state index contributed by atoms with van der Waals surface area (Å²) in [6, 6.07) is 4.14. The van der Waals surface area contributed by atoms with Crippen molar-refractivity contribution in [2.75, 3.05) is 5.75 Å². The van der Waals surface area contributed by atoms with E-state index in [4.69, 9.17) is 5.11 Å². The number of carboxylic acid groups (broad SMARTS) is 1. The minimum absolute atomic E-state index is 0.00181. The Morgan fingerprint density at radius 3 is 2.68 bits per heavy atom. The van der Waals surface area contributed by atoms with Crippen LogP contribution in [0.3, 0.4) is 0 Å². The molecule has 0 aromatic heterocycles. The molecule has 0 spiro atoms. The Hall–Kier alpha value is -1.01. The van der Waals surface area contributed by atoms with Gasteiger partial charge in [0.1, 0.15) is 0 Å². The van der Waals surface area contributed by atoms with Crippen LogP contribution in [0.25, 0.3) is 0 Å². The van der Waals surface area contributed by atoms with Crippen LogP contribution in [-0.4, -0.2) is 28.8 Å². The molecule has 0 radical (unpaired) electrons. The molecule has 1 amide bonds. The third-order valence-corrected chi connectivity index (χ3v) is 5.97. The van der Waals surface area contributed by atoms with Crippen molar-refractivity contribution in [3.05, 3.63) is 27.7 Å². The fourth-order valence-corrected chi connectivity index (χ4v) is 4.03. The van der Waals surface area contributed by atoms with Gasteiger partial charge in [-0.05, 0) is 56.4 Å². The quantitative estimate of drug-likeness (QED) is 0.760. The van der Waals surface area contributed by atoms with E-state index in [2.05, 4.69) is 33.4 Å². The van der Waals surface area contributed by atoms with Gasteiger partial charge >= 0.3 is 5.97 Å². The van der Waals surface area contributed by atoms with Gasteiger partial charge in [-0.15, -0.1) is 11.8 Å². The first-order valence-electron chi connectivity index (χ1n) is 7.28. The first-order valence-corrected chi connectivity index (χ1v) is 9.06. The molecule has 22 heavy (non-hydrogen) atoms. The molecule has 1 aliphatic carbocycles. The maximum absolute atomic E-state index is 12.0. The van der Waals surface area contributed by atoms with Crippen LogP contribution in [0.5, 0.6) is 0 Å². The zero-order valence-corrected chi connectivity index (χ0v) is 15.1. The van der Waals surface area contributed by atoms with Crippen LogP contribution in [-0.2, 0) is 9.59 Å². The number of thioether (sulfide) groups is 1. The van der Waals surface area contributed by atoms with Gasteiger partial charge in [-0.2, -0.15) is 0 Å². The van der Waals surface area contributed by atoms with E-state index in [1.54, 1.807) is 0 Å². The molecule has 0 bridgehead atoms. The highest BCUT2D eigenvalue weighted by Gasteiger charge is 2.30. The van der Waals surface area contributed by atoms with Crippen LogP contribution >= 0.6 is 27.7 Å². The Bertz CT molecular complexity index is 591. The topological polar surface area (TPSA) is 66.4 Å². The van der Waals surface area contributed by atoms with E-state index >= 15 is 0 Å². The van der Waals surface area contributed by atoms with Gasteiger partial charge in [-0.25, -0.2) is 0 Å². The lowest BCUT2D eigenvalue weighted by Crippen LogP contribution is -2.34. The molecule has 2 N–H and O–H groups in total. The van der Waals surface area contributed by atoms with Gasteiger partial charge < -0.3 is 10.4 Å². The van der Waals surface area contributed by atoms with E-state index < -0.39 is 5.97 Å². The average molecular weight is 386 g/mol. The number of aliphatic carboxylic acids is 1. The van der Waals surface area contributed by atoms with Crippen molar-refractivity contribution in [3.63, 3.8) is 0 Å². The minimum Gasteiger partial charge on any atom is -0.481 e. The predicted octanol–water partition coefficient (Wildman–Crippen LogP) is 3.53. The largest absolute Gasteiger partial charge is 0.481 e. The van der Waals surface area contributed by atoms with Crippen LogP contribution in [0.1, 0.15) is 30.4 Å². The maximum atomic E-state index is 12.0. The fraction of sp³-hybridized carbons (Fsp3) is 0.500. The minimum atomic E-state index is -0.757. The lowest BCUT2D eigenvalue weighted by Gasteiger charge is -2.13. The molecular weight excluding hydrogens is 366 g/mol. The van der Waals surface area contributed by atoms with Crippen molar-refractivity contribution in [1.82, 2.24) is 5.32 Å². The molecule has 0 heterocycles. The zero-order valence-electron chi connectivity index (χ0n) is 12.7. The second-order valence-electron chi connectivity index (χ2n) is 5.77. The highest BCUT2D eigenvalue weighted by atomic mass is 79.9. The molecule has 1 aromatic carbocycles. The highest BCUT2D eigenvalue weighted by Crippen LogP contribution is 2.29. The van der Waals surface area contributed by atoms with Gasteiger partial charge in [0.15, 0.2) is 0 Å². The SMILES string of the molecule is Cc1cc(SCC(=O)N[C@H]2CC[C@@H](C(=O)O)C2)c(C)cc1Br. The second kappa shape index (κ2) is 7.51. The summed E-state index contributed by atoms with van der Waals surface area (Å²) in [6.45, 7) is 4.05. The van der Waals surface area contributed by atoms with Gasteiger partial charge in [0.05, 0.1) is 11.7 Å². The van der Waals surface area contributed by atoms with E-state index in [0.29, 0.717) is 18.6 Å². The van der Waals surface area contributed by atoms with Gasteiger partial charge in [0.25, 0.3) is 0 Å². The molecule has 1 saturated carbocycles. The lowest BCUT2D eigenvalue weighted by atomic mass is 10.1. The number of aryl methyl sites for hydroxylation is 2. The van der Waals surface area contributed by atoms with Gasteiger partial charge in [0.2, 0.25) is 5.91 Å². The molecule has 4 nitrogen and oxygen atoms in total. The number of halogens is 1. The number of carboxylic acids is 1. The van der Waals surface area contributed by atoms with Crippen molar-refractivity contribution in [3.8, 4) is 0 Å². The monoisotopic (exact) mass is 385 g/mol. The van der Waals surface area contributed by atoms with Gasteiger partial charge in [-0.1, -0.05) is 15.9 Å².